The van der Waals surface area contributed by atoms with Crippen LogP contribution in [0.15, 0.2) is 6.20 Å². The molecule has 112 valence electrons. The predicted molar refractivity (Wildman–Crippen MR) is 80.0 cm³/mol. The molecule has 7 nitrogen and oxygen atoms in total. The van der Waals surface area contributed by atoms with Crippen molar-refractivity contribution in [3.8, 4) is 5.75 Å². The molecular weight excluding hydrogens is 280 g/mol. The molecule has 0 saturated heterocycles. The standard InChI is InChI=1S/C12H20N4O3S/c1-3-4-12(20,5-6-17)16-10-9(19)7-13-11(15-10)14-8(2)18/h7,17,19-20H,3-6H2,1-2H3,(H2,13,14,15,16,18)/t12-/m0/s1. The molecule has 0 aliphatic heterocycles. The van der Waals surface area contributed by atoms with E-state index in [1.807, 2.05) is 6.92 Å². The highest BCUT2D eigenvalue weighted by atomic mass is 32.1. The van der Waals surface area contributed by atoms with Gasteiger partial charge in [-0.05, 0) is 6.42 Å². The van der Waals surface area contributed by atoms with Crippen LogP contribution in [0.4, 0.5) is 11.8 Å². The third kappa shape index (κ3) is 4.86. The van der Waals surface area contributed by atoms with Crippen molar-refractivity contribution in [1.29, 1.82) is 0 Å². The van der Waals surface area contributed by atoms with Gasteiger partial charge < -0.3 is 15.5 Å². The number of anilines is 2. The average molecular weight is 300 g/mol. The van der Waals surface area contributed by atoms with Gasteiger partial charge in [0, 0.05) is 20.0 Å². The molecule has 0 spiro atoms. The summed E-state index contributed by atoms with van der Waals surface area (Å²) < 4.78 is 0. The van der Waals surface area contributed by atoms with E-state index in [-0.39, 0.29) is 30.0 Å². The topological polar surface area (TPSA) is 107 Å². The minimum absolute atomic E-state index is 0.0408. The number of nitrogens with zero attached hydrogens (tertiary/aromatic N) is 2. The van der Waals surface area contributed by atoms with Crippen molar-refractivity contribution in [3.63, 3.8) is 0 Å². The first-order chi connectivity index (χ1) is 9.40. The molecule has 0 fully saturated rings. The molecule has 1 aromatic heterocycles. The van der Waals surface area contributed by atoms with E-state index in [0.717, 1.165) is 6.42 Å². The van der Waals surface area contributed by atoms with Crippen LogP contribution in [0, 0.1) is 0 Å². The van der Waals surface area contributed by atoms with Crippen molar-refractivity contribution in [1.82, 2.24) is 9.97 Å². The highest BCUT2D eigenvalue weighted by Gasteiger charge is 2.25. The number of aromatic nitrogens is 2. The smallest absolute Gasteiger partial charge is 0.231 e. The fourth-order valence-electron chi connectivity index (χ4n) is 1.75. The first-order valence-electron chi connectivity index (χ1n) is 6.35. The third-order valence-electron chi connectivity index (χ3n) is 2.60. The molecule has 0 aliphatic rings. The summed E-state index contributed by atoms with van der Waals surface area (Å²) >= 11 is 4.51. The number of amides is 1. The predicted octanol–water partition coefficient (Wildman–Crippen LogP) is 1.36. The Morgan fingerprint density at radius 3 is 2.75 bits per heavy atom. The van der Waals surface area contributed by atoms with E-state index in [9.17, 15) is 9.90 Å². The number of hydrogen-bond donors (Lipinski definition) is 5. The first kappa shape index (κ1) is 16.5. The molecule has 0 radical (unpaired) electrons. The molecule has 4 N–H and O–H groups in total. The Kier molecular flexibility index (Phi) is 6.03. The van der Waals surface area contributed by atoms with Gasteiger partial charge in [-0.25, -0.2) is 4.98 Å². The van der Waals surface area contributed by atoms with Gasteiger partial charge in [0.25, 0.3) is 0 Å². The molecule has 1 amide bonds. The van der Waals surface area contributed by atoms with E-state index in [0.29, 0.717) is 12.8 Å². The first-order valence-corrected chi connectivity index (χ1v) is 6.80. The number of carbonyl (C=O) groups is 1. The fraction of sp³-hybridized carbons (Fsp3) is 0.583. The fourth-order valence-corrected chi connectivity index (χ4v) is 2.18. The molecule has 0 unspecified atom stereocenters. The highest BCUT2D eigenvalue weighted by Crippen LogP contribution is 2.31. The molecule has 8 heteroatoms. The van der Waals surface area contributed by atoms with E-state index in [4.69, 9.17) is 5.11 Å². The van der Waals surface area contributed by atoms with Crippen LogP contribution < -0.4 is 10.6 Å². The van der Waals surface area contributed by atoms with Crippen molar-refractivity contribution >= 4 is 30.3 Å². The SMILES string of the molecule is CCC[C@](S)(CCO)Nc1nc(NC(C)=O)ncc1O. The maximum absolute atomic E-state index is 11.0. The van der Waals surface area contributed by atoms with Crippen LogP contribution in [-0.4, -0.2) is 37.6 Å². The summed E-state index contributed by atoms with van der Waals surface area (Å²) in [4.78, 5) is 18.1. The zero-order chi connectivity index (χ0) is 15.2. The zero-order valence-electron chi connectivity index (χ0n) is 11.6. The van der Waals surface area contributed by atoms with Gasteiger partial charge in [0.15, 0.2) is 11.6 Å². The minimum atomic E-state index is -0.692. The number of rotatable bonds is 7. The van der Waals surface area contributed by atoms with Crippen LogP contribution in [-0.2, 0) is 4.79 Å². The molecule has 1 aromatic rings. The summed E-state index contributed by atoms with van der Waals surface area (Å²) in [6, 6.07) is 0. The number of aliphatic hydroxyl groups is 1. The van der Waals surface area contributed by atoms with Gasteiger partial charge in [-0.1, -0.05) is 13.3 Å². The summed E-state index contributed by atoms with van der Waals surface area (Å²) in [6.45, 7) is 3.29. The molecular formula is C12H20N4O3S. The van der Waals surface area contributed by atoms with Crippen molar-refractivity contribution in [3.05, 3.63) is 6.20 Å². The quantitative estimate of drug-likeness (QED) is 0.384. The summed E-state index contributed by atoms with van der Waals surface area (Å²) in [6.07, 6.45) is 3.11. The molecule has 0 aromatic carbocycles. The number of thiol groups is 1. The lowest BCUT2D eigenvalue weighted by atomic mass is 10.1. The minimum Gasteiger partial charge on any atom is -0.503 e. The maximum atomic E-state index is 11.0. The largest absolute Gasteiger partial charge is 0.503 e. The average Bonchev–Trinajstić information content (AvgIpc) is 2.33. The van der Waals surface area contributed by atoms with Gasteiger partial charge in [-0.15, -0.1) is 0 Å². The van der Waals surface area contributed by atoms with Gasteiger partial charge in [0.1, 0.15) is 0 Å². The molecule has 20 heavy (non-hydrogen) atoms. The van der Waals surface area contributed by atoms with Crippen molar-refractivity contribution < 1.29 is 15.0 Å². The molecule has 0 saturated carbocycles. The van der Waals surface area contributed by atoms with Gasteiger partial charge in [-0.2, -0.15) is 17.6 Å². The molecule has 1 heterocycles. The second-order valence-corrected chi connectivity index (χ2v) is 5.34. The van der Waals surface area contributed by atoms with Crippen LogP contribution in [0.5, 0.6) is 5.75 Å². The summed E-state index contributed by atoms with van der Waals surface area (Å²) in [5, 5.41) is 24.3. The summed E-state index contributed by atoms with van der Waals surface area (Å²) in [5.74, 6) is -0.191. The number of aromatic hydroxyl groups is 1. The second-order valence-electron chi connectivity index (χ2n) is 4.49. The van der Waals surface area contributed by atoms with Gasteiger partial charge in [0.2, 0.25) is 11.9 Å². The van der Waals surface area contributed by atoms with E-state index in [2.05, 4.69) is 33.2 Å². The Balaban J connectivity index is 2.96. The summed E-state index contributed by atoms with van der Waals surface area (Å²) in [5.41, 5.74) is 0. The van der Waals surface area contributed by atoms with Crippen molar-refractivity contribution in [2.24, 2.45) is 0 Å². The van der Waals surface area contributed by atoms with Crippen LogP contribution in [0.2, 0.25) is 0 Å². The Bertz CT molecular complexity index is 464. The monoisotopic (exact) mass is 300 g/mol. The van der Waals surface area contributed by atoms with E-state index in [1.54, 1.807) is 0 Å². The van der Waals surface area contributed by atoms with Crippen molar-refractivity contribution in [2.75, 3.05) is 17.2 Å². The molecule has 1 rings (SSSR count). The van der Waals surface area contributed by atoms with Crippen molar-refractivity contribution in [2.45, 2.75) is 38.0 Å². The molecule has 0 bridgehead atoms. The van der Waals surface area contributed by atoms with E-state index in [1.165, 1.54) is 13.1 Å². The van der Waals surface area contributed by atoms with Gasteiger partial charge in [0.05, 0.1) is 11.1 Å². The highest BCUT2D eigenvalue weighted by molar-refractivity contribution is 7.82. The third-order valence-corrected chi connectivity index (χ3v) is 3.16. The zero-order valence-corrected chi connectivity index (χ0v) is 12.4. The number of hydrogen-bond acceptors (Lipinski definition) is 7. The van der Waals surface area contributed by atoms with Crippen LogP contribution >= 0.6 is 12.6 Å². The summed E-state index contributed by atoms with van der Waals surface area (Å²) in [7, 11) is 0. The maximum Gasteiger partial charge on any atom is 0.231 e. The van der Waals surface area contributed by atoms with Crippen LogP contribution in [0.3, 0.4) is 0 Å². The van der Waals surface area contributed by atoms with Crippen LogP contribution in [0.25, 0.3) is 0 Å². The molecule has 1 atom stereocenters. The number of nitrogens with one attached hydrogen (secondary N) is 2. The van der Waals surface area contributed by atoms with Gasteiger partial charge in [-0.3, -0.25) is 10.1 Å². The normalized spacial score (nSPS) is 13.6. The number of carbonyl (C=O) groups excluding carboxylic acids is 1. The van der Waals surface area contributed by atoms with E-state index < -0.39 is 4.87 Å². The Morgan fingerprint density at radius 1 is 1.50 bits per heavy atom. The second kappa shape index (κ2) is 7.30. The van der Waals surface area contributed by atoms with Crippen LogP contribution in [0.1, 0.15) is 33.1 Å². The number of aliphatic hydroxyl groups excluding tert-OH is 1. The lowest BCUT2D eigenvalue weighted by Gasteiger charge is -2.29. The Hall–Kier alpha value is -1.54. The Labute approximate surface area is 123 Å². The lowest BCUT2D eigenvalue weighted by molar-refractivity contribution is -0.114. The van der Waals surface area contributed by atoms with Gasteiger partial charge >= 0.3 is 0 Å². The molecule has 0 aliphatic carbocycles. The Morgan fingerprint density at radius 2 is 2.20 bits per heavy atom. The lowest BCUT2D eigenvalue weighted by Crippen LogP contribution is -2.33. The van der Waals surface area contributed by atoms with E-state index >= 15 is 0 Å².